The predicted octanol–water partition coefficient (Wildman–Crippen LogP) is 17.2. The molecule has 0 spiro atoms. The first-order valence-corrected chi connectivity index (χ1v) is 26.3. The van der Waals surface area contributed by atoms with E-state index in [9.17, 15) is 14.4 Å². The van der Waals surface area contributed by atoms with Crippen molar-refractivity contribution in [3.05, 3.63) is 24.3 Å². The first-order valence-electron chi connectivity index (χ1n) is 26.3. The lowest BCUT2D eigenvalue weighted by atomic mass is 10.0. The second kappa shape index (κ2) is 49.5. The molecule has 0 aromatic heterocycles. The van der Waals surface area contributed by atoms with Crippen molar-refractivity contribution in [1.29, 1.82) is 0 Å². The Morgan fingerprint density at radius 2 is 0.550 bits per heavy atom. The summed E-state index contributed by atoms with van der Waals surface area (Å²) in [5.74, 6) is -0.889. The lowest BCUT2D eigenvalue weighted by Gasteiger charge is -2.18. The summed E-state index contributed by atoms with van der Waals surface area (Å²) in [7, 11) is 0. The summed E-state index contributed by atoms with van der Waals surface area (Å²) < 4.78 is 16.8. The summed E-state index contributed by atoms with van der Waals surface area (Å²) in [6, 6.07) is 0. The van der Waals surface area contributed by atoms with Gasteiger partial charge in [-0.1, -0.05) is 218 Å². The quantitative estimate of drug-likeness (QED) is 0.0263. The largest absolute Gasteiger partial charge is 0.462 e. The van der Waals surface area contributed by atoms with Gasteiger partial charge in [-0.3, -0.25) is 14.4 Å². The summed E-state index contributed by atoms with van der Waals surface area (Å²) in [5.41, 5.74) is 0. The van der Waals surface area contributed by atoms with Crippen LogP contribution in [0.5, 0.6) is 0 Å². The van der Waals surface area contributed by atoms with E-state index in [1.807, 2.05) is 0 Å². The smallest absolute Gasteiger partial charge is 0.306 e. The van der Waals surface area contributed by atoms with Crippen molar-refractivity contribution >= 4 is 17.9 Å². The zero-order valence-corrected chi connectivity index (χ0v) is 40.2. The van der Waals surface area contributed by atoms with Gasteiger partial charge in [-0.25, -0.2) is 0 Å². The van der Waals surface area contributed by atoms with Gasteiger partial charge in [0.25, 0.3) is 0 Å². The van der Waals surface area contributed by atoms with E-state index >= 15 is 0 Å². The van der Waals surface area contributed by atoms with Crippen LogP contribution >= 0.6 is 0 Å². The van der Waals surface area contributed by atoms with E-state index in [1.165, 1.54) is 167 Å². The first-order chi connectivity index (χ1) is 29.5. The lowest BCUT2D eigenvalue weighted by Crippen LogP contribution is -2.30. The van der Waals surface area contributed by atoms with Crippen LogP contribution in [-0.4, -0.2) is 37.2 Å². The Balaban J connectivity index is 4.33. The van der Waals surface area contributed by atoms with E-state index in [0.717, 1.165) is 77.0 Å². The highest BCUT2D eigenvalue weighted by Crippen LogP contribution is 2.16. The van der Waals surface area contributed by atoms with Gasteiger partial charge in [0, 0.05) is 19.3 Å². The van der Waals surface area contributed by atoms with Gasteiger partial charge in [0.15, 0.2) is 6.10 Å². The van der Waals surface area contributed by atoms with Gasteiger partial charge >= 0.3 is 17.9 Å². The van der Waals surface area contributed by atoms with Gasteiger partial charge in [-0.05, 0) is 70.6 Å². The molecular weight excluding hydrogens is 745 g/mol. The highest BCUT2D eigenvalue weighted by molar-refractivity contribution is 5.71. The summed E-state index contributed by atoms with van der Waals surface area (Å²) >= 11 is 0. The number of carbonyl (C=O) groups excluding carboxylic acids is 3. The fraction of sp³-hybridized carbons (Fsp3) is 0.870. The molecule has 60 heavy (non-hydrogen) atoms. The van der Waals surface area contributed by atoms with E-state index in [0.29, 0.717) is 19.3 Å². The second-order valence-corrected chi connectivity index (χ2v) is 17.8. The molecule has 0 radical (unpaired) electrons. The minimum atomic E-state index is -0.777. The number of carbonyl (C=O) groups is 3. The maximum absolute atomic E-state index is 12.8. The highest BCUT2D eigenvalue weighted by Gasteiger charge is 2.19. The molecule has 0 aliphatic rings. The van der Waals surface area contributed by atoms with E-state index < -0.39 is 6.10 Å². The van der Waals surface area contributed by atoms with Crippen molar-refractivity contribution in [2.75, 3.05) is 13.2 Å². The molecule has 6 nitrogen and oxygen atoms in total. The Labute approximate surface area is 373 Å². The molecule has 0 N–H and O–H groups in total. The van der Waals surface area contributed by atoms with Crippen LogP contribution < -0.4 is 0 Å². The number of esters is 3. The number of allylic oxidation sites excluding steroid dienone is 4. The molecule has 0 saturated carbocycles. The Kier molecular flexibility index (Phi) is 47.8. The van der Waals surface area contributed by atoms with Crippen LogP contribution in [0, 0.1) is 0 Å². The van der Waals surface area contributed by atoms with Crippen LogP contribution in [0.15, 0.2) is 24.3 Å². The van der Waals surface area contributed by atoms with Crippen molar-refractivity contribution < 1.29 is 28.6 Å². The molecule has 1 atom stereocenters. The molecule has 0 aliphatic carbocycles. The zero-order chi connectivity index (χ0) is 43.7. The molecule has 0 bridgehead atoms. The van der Waals surface area contributed by atoms with Crippen molar-refractivity contribution in [3.63, 3.8) is 0 Å². The monoisotopic (exact) mass is 845 g/mol. The molecule has 0 aliphatic heterocycles. The van der Waals surface area contributed by atoms with Gasteiger partial charge in [-0.15, -0.1) is 0 Å². The summed E-state index contributed by atoms with van der Waals surface area (Å²) in [4.78, 5) is 37.9. The van der Waals surface area contributed by atoms with E-state index in [1.54, 1.807) is 0 Å². The SMILES string of the molecule is CCCCC/C=C\CCCCCCCC(=O)OCC(COC(=O)CCCCCCCCCCCCCCCCCCC)OC(=O)CCCCC/C=C\CCCCCCCC. The maximum atomic E-state index is 12.8. The average Bonchev–Trinajstić information content (AvgIpc) is 3.24. The summed E-state index contributed by atoms with van der Waals surface area (Å²) in [6.45, 7) is 6.62. The van der Waals surface area contributed by atoms with Gasteiger partial charge in [0.05, 0.1) is 0 Å². The van der Waals surface area contributed by atoms with Gasteiger partial charge < -0.3 is 14.2 Å². The van der Waals surface area contributed by atoms with Crippen LogP contribution in [0.25, 0.3) is 0 Å². The number of hydrogen-bond donors (Lipinski definition) is 0. The lowest BCUT2D eigenvalue weighted by molar-refractivity contribution is -0.167. The fourth-order valence-corrected chi connectivity index (χ4v) is 7.67. The number of ether oxygens (including phenoxy) is 3. The van der Waals surface area contributed by atoms with Crippen molar-refractivity contribution in [2.45, 2.75) is 290 Å². The van der Waals surface area contributed by atoms with Crippen molar-refractivity contribution in [2.24, 2.45) is 0 Å². The van der Waals surface area contributed by atoms with E-state index in [2.05, 4.69) is 45.1 Å². The van der Waals surface area contributed by atoms with Crippen LogP contribution in [0.1, 0.15) is 284 Å². The molecule has 0 amide bonds. The third-order valence-corrected chi connectivity index (χ3v) is 11.7. The molecule has 0 aromatic carbocycles. The van der Waals surface area contributed by atoms with E-state index in [4.69, 9.17) is 14.2 Å². The van der Waals surface area contributed by atoms with Gasteiger partial charge in [0.1, 0.15) is 13.2 Å². The molecular formula is C54H100O6. The zero-order valence-electron chi connectivity index (χ0n) is 40.2. The molecule has 0 heterocycles. The maximum Gasteiger partial charge on any atom is 0.306 e. The van der Waals surface area contributed by atoms with Crippen LogP contribution in [0.3, 0.4) is 0 Å². The average molecular weight is 845 g/mol. The second-order valence-electron chi connectivity index (χ2n) is 17.8. The highest BCUT2D eigenvalue weighted by atomic mass is 16.6. The number of hydrogen-bond acceptors (Lipinski definition) is 6. The fourth-order valence-electron chi connectivity index (χ4n) is 7.67. The molecule has 0 fully saturated rings. The third-order valence-electron chi connectivity index (χ3n) is 11.7. The molecule has 0 aromatic rings. The molecule has 1 unspecified atom stereocenters. The van der Waals surface area contributed by atoms with Gasteiger partial charge in [-0.2, -0.15) is 0 Å². The predicted molar refractivity (Wildman–Crippen MR) is 256 cm³/mol. The summed E-state index contributed by atoms with van der Waals surface area (Å²) in [5, 5.41) is 0. The van der Waals surface area contributed by atoms with Crippen LogP contribution in [0.4, 0.5) is 0 Å². The van der Waals surface area contributed by atoms with Crippen molar-refractivity contribution in [1.82, 2.24) is 0 Å². The Morgan fingerprint density at radius 1 is 0.317 bits per heavy atom. The van der Waals surface area contributed by atoms with Gasteiger partial charge in [0.2, 0.25) is 0 Å². The standard InChI is InChI=1S/C54H100O6/c1-4-7-10-13-16-19-22-25-26-27-28-30-32-35-38-41-44-47-53(56)59-50-51(49-58-52(55)46-43-40-37-34-31-24-21-18-15-12-9-6-3)60-54(57)48-45-42-39-36-33-29-23-20-17-14-11-8-5-2/h18,21,29,33,51H,4-17,19-20,22-28,30-32,34-50H2,1-3H3/b21-18-,33-29-. The minimum Gasteiger partial charge on any atom is -0.462 e. The number of rotatable bonds is 48. The summed E-state index contributed by atoms with van der Waals surface area (Å²) in [6.07, 6.45) is 55.9. The minimum absolute atomic E-state index is 0.0761. The first kappa shape index (κ1) is 57.9. The Hall–Kier alpha value is -2.11. The topological polar surface area (TPSA) is 78.9 Å². The van der Waals surface area contributed by atoms with Crippen molar-refractivity contribution in [3.8, 4) is 0 Å². The number of unbranched alkanes of at least 4 members (excludes halogenated alkanes) is 33. The Bertz CT molecular complexity index is 973. The molecule has 6 heteroatoms. The Morgan fingerprint density at radius 3 is 0.883 bits per heavy atom. The molecule has 0 saturated heterocycles. The van der Waals surface area contributed by atoms with E-state index in [-0.39, 0.29) is 31.1 Å². The van der Waals surface area contributed by atoms with Crippen LogP contribution in [0.2, 0.25) is 0 Å². The molecule has 0 rings (SSSR count). The third kappa shape index (κ3) is 46.9. The normalized spacial score (nSPS) is 12.1. The molecule has 352 valence electrons. The van der Waals surface area contributed by atoms with Crippen LogP contribution in [-0.2, 0) is 28.6 Å².